The molecule has 84 valence electrons. The number of fused-ring (bicyclic) bond motifs is 1. The van der Waals surface area contributed by atoms with Gasteiger partial charge in [0.2, 0.25) is 5.82 Å². The summed E-state index contributed by atoms with van der Waals surface area (Å²) in [6, 6.07) is 3.74. The third-order valence-electron chi connectivity index (χ3n) is 2.01. The van der Waals surface area contributed by atoms with Crippen LogP contribution in [0.2, 0.25) is 0 Å². The monoisotopic (exact) mass is 346 g/mol. The Bertz CT molecular complexity index is 512. The highest BCUT2D eigenvalue weighted by atomic mass is 79.9. The Morgan fingerprint density at radius 3 is 2.75 bits per heavy atom. The van der Waals surface area contributed by atoms with Gasteiger partial charge in [0.25, 0.3) is 0 Å². The van der Waals surface area contributed by atoms with Crippen molar-refractivity contribution in [2.75, 3.05) is 6.61 Å². The van der Waals surface area contributed by atoms with E-state index in [1.54, 1.807) is 6.92 Å². The van der Waals surface area contributed by atoms with Gasteiger partial charge in [0, 0.05) is 8.95 Å². The quantitative estimate of drug-likeness (QED) is 0.848. The van der Waals surface area contributed by atoms with Gasteiger partial charge in [-0.15, -0.1) is 0 Å². The summed E-state index contributed by atoms with van der Waals surface area (Å²) in [7, 11) is 0. The highest BCUT2D eigenvalue weighted by Crippen LogP contribution is 2.28. The number of carbonyl (C=O) groups excluding carboxylic acids is 1. The molecule has 0 unspecified atom stereocenters. The standard InChI is InChI=1S/C10H8Br2N2O2/c1-2-16-10(15)9-13-7-5(11)3-4-6(12)8(7)14-9/h3-4H,2H2,1H3,(H,13,14). The molecular formula is C10H8Br2N2O2. The van der Waals surface area contributed by atoms with Gasteiger partial charge in [-0.25, -0.2) is 9.78 Å². The van der Waals surface area contributed by atoms with Crippen molar-refractivity contribution in [2.24, 2.45) is 0 Å². The Morgan fingerprint density at radius 2 is 2.12 bits per heavy atom. The van der Waals surface area contributed by atoms with Crippen LogP contribution in [0.5, 0.6) is 0 Å². The number of rotatable bonds is 2. The predicted octanol–water partition coefficient (Wildman–Crippen LogP) is 3.26. The number of nitrogens with one attached hydrogen (secondary N) is 1. The van der Waals surface area contributed by atoms with E-state index in [1.807, 2.05) is 12.1 Å². The third kappa shape index (κ3) is 1.99. The van der Waals surface area contributed by atoms with Crippen LogP contribution in [0.4, 0.5) is 0 Å². The molecule has 0 aliphatic rings. The van der Waals surface area contributed by atoms with Gasteiger partial charge < -0.3 is 9.72 Å². The lowest BCUT2D eigenvalue weighted by atomic mass is 10.3. The van der Waals surface area contributed by atoms with Crippen LogP contribution in [-0.4, -0.2) is 22.5 Å². The van der Waals surface area contributed by atoms with Crippen molar-refractivity contribution in [3.8, 4) is 0 Å². The Hall–Kier alpha value is -0.880. The third-order valence-corrected chi connectivity index (χ3v) is 3.31. The summed E-state index contributed by atoms with van der Waals surface area (Å²) in [6.07, 6.45) is 0. The maximum atomic E-state index is 11.5. The lowest BCUT2D eigenvalue weighted by Crippen LogP contribution is -2.06. The first-order valence-corrected chi connectivity index (χ1v) is 6.23. The van der Waals surface area contributed by atoms with Crippen molar-refractivity contribution in [1.29, 1.82) is 0 Å². The fraction of sp³-hybridized carbons (Fsp3) is 0.200. The molecule has 0 bridgehead atoms. The number of imidazole rings is 1. The number of aromatic amines is 1. The number of aromatic nitrogens is 2. The van der Waals surface area contributed by atoms with Crippen LogP contribution in [0, 0.1) is 0 Å². The summed E-state index contributed by atoms with van der Waals surface area (Å²) >= 11 is 6.77. The van der Waals surface area contributed by atoms with Crippen LogP contribution in [0.25, 0.3) is 11.0 Å². The lowest BCUT2D eigenvalue weighted by Gasteiger charge is -1.95. The maximum absolute atomic E-state index is 11.5. The van der Waals surface area contributed by atoms with E-state index in [0.717, 1.165) is 14.5 Å². The number of ether oxygens (including phenoxy) is 1. The Labute approximate surface area is 109 Å². The van der Waals surface area contributed by atoms with Crippen molar-refractivity contribution in [3.05, 3.63) is 26.9 Å². The molecule has 0 spiro atoms. The normalized spacial score (nSPS) is 10.7. The highest BCUT2D eigenvalue weighted by molar-refractivity contribution is 9.11. The number of hydrogen-bond acceptors (Lipinski definition) is 3. The SMILES string of the molecule is CCOC(=O)c1nc2c(Br)ccc(Br)c2[nH]1. The van der Waals surface area contributed by atoms with E-state index in [1.165, 1.54) is 0 Å². The molecule has 1 aromatic carbocycles. The summed E-state index contributed by atoms with van der Waals surface area (Å²) in [5, 5.41) is 0. The van der Waals surface area contributed by atoms with Crippen molar-refractivity contribution in [2.45, 2.75) is 6.92 Å². The van der Waals surface area contributed by atoms with Crippen LogP contribution in [0.15, 0.2) is 21.1 Å². The van der Waals surface area contributed by atoms with E-state index in [0.29, 0.717) is 12.1 Å². The minimum atomic E-state index is -0.447. The zero-order valence-electron chi connectivity index (χ0n) is 8.38. The van der Waals surface area contributed by atoms with Gasteiger partial charge in [0.15, 0.2) is 0 Å². The molecule has 0 atom stereocenters. The molecule has 1 heterocycles. The fourth-order valence-corrected chi connectivity index (χ4v) is 2.16. The fourth-order valence-electron chi connectivity index (χ4n) is 1.32. The summed E-state index contributed by atoms with van der Waals surface area (Å²) in [5.74, 6) is -0.234. The second kappa shape index (κ2) is 4.55. The van der Waals surface area contributed by atoms with E-state index < -0.39 is 5.97 Å². The zero-order valence-corrected chi connectivity index (χ0v) is 11.6. The number of carbonyl (C=O) groups is 1. The number of halogens is 2. The van der Waals surface area contributed by atoms with Gasteiger partial charge in [0.1, 0.15) is 5.52 Å². The molecule has 0 aliphatic carbocycles. The largest absolute Gasteiger partial charge is 0.460 e. The van der Waals surface area contributed by atoms with Crippen LogP contribution >= 0.6 is 31.9 Å². The highest BCUT2D eigenvalue weighted by Gasteiger charge is 2.15. The van der Waals surface area contributed by atoms with Crippen LogP contribution in [-0.2, 0) is 4.74 Å². The Kier molecular flexibility index (Phi) is 3.30. The number of nitrogens with zero attached hydrogens (tertiary/aromatic N) is 1. The zero-order chi connectivity index (χ0) is 11.7. The Morgan fingerprint density at radius 1 is 1.44 bits per heavy atom. The molecule has 2 rings (SSSR count). The van der Waals surface area contributed by atoms with Crippen molar-refractivity contribution in [3.63, 3.8) is 0 Å². The molecule has 4 nitrogen and oxygen atoms in total. The second-order valence-corrected chi connectivity index (χ2v) is 4.77. The molecule has 0 aliphatic heterocycles. The van der Waals surface area contributed by atoms with Gasteiger partial charge in [-0.3, -0.25) is 0 Å². The summed E-state index contributed by atoms with van der Waals surface area (Å²) in [6.45, 7) is 2.09. The smallest absolute Gasteiger partial charge is 0.374 e. The van der Waals surface area contributed by atoms with Crippen molar-refractivity contribution in [1.82, 2.24) is 9.97 Å². The van der Waals surface area contributed by atoms with Crippen LogP contribution in [0.3, 0.4) is 0 Å². The first-order valence-electron chi connectivity index (χ1n) is 4.64. The first kappa shape index (κ1) is 11.6. The van der Waals surface area contributed by atoms with Gasteiger partial charge in [0.05, 0.1) is 12.1 Å². The summed E-state index contributed by atoms with van der Waals surface area (Å²) < 4.78 is 6.56. The van der Waals surface area contributed by atoms with Crippen LogP contribution in [0.1, 0.15) is 17.5 Å². The van der Waals surface area contributed by atoms with Gasteiger partial charge >= 0.3 is 5.97 Å². The van der Waals surface area contributed by atoms with E-state index in [4.69, 9.17) is 4.74 Å². The van der Waals surface area contributed by atoms with Gasteiger partial charge in [-0.05, 0) is 50.9 Å². The van der Waals surface area contributed by atoms with E-state index in [-0.39, 0.29) is 5.82 Å². The molecule has 1 N–H and O–H groups in total. The molecule has 0 saturated heterocycles. The topological polar surface area (TPSA) is 55.0 Å². The molecular weight excluding hydrogens is 340 g/mol. The molecule has 2 aromatic rings. The van der Waals surface area contributed by atoms with Crippen LogP contribution < -0.4 is 0 Å². The average molecular weight is 348 g/mol. The number of H-pyrrole nitrogens is 1. The lowest BCUT2D eigenvalue weighted by molar-refractivity contribution is 0.0514. The maximum Gasteiger partial charge on any atom is 0.374 e. The number of benzene rings is 1. The molecule has 16 heavy (non-hydrogen) atoms. The molecule has 0 amide bonds. The second-order valence-electron chi connectivity index (χ2n) is 3.06. The molecule has 6 heteroatoms. The first-order chi connectivity index (χ1) is 7.63. The van der Waals surface area contributed by atoms with Gasteiger partial charge in [-0.1, -0.05) is 0 Å². The summed E-state index contributed by atoms with van der Waals surface area (Å²) in [4.78, 5) is 18.6. The molecule has 1 aromatic heterocycles. The van der Waals surface area contributed by atoms with E-state index >= 15 is 0 Å². The molecule has 0 radical (unpaired) electrons. The number of hydrogen-bond donors (Lipinski definition) is 1. The minimum Gasteiger partial charge on any atom is -0.460 e. The molecule has 0 fully saturated rings. The van der Waals surface area contributed by atoms with Crippen molar-refractivity contribution < 1.29 is 9.53 Å². The number of esters is 1. The minimum absolute atomic E-state index is 0.212. The van der Waals surface area contributed by atoms with Gasteiger partial charge in [-0.2, -0.15) is 0 Å². The van der Waals surface area contributed by atoms with E-state index in [2.05, 4.69) is 41.8 Å². The molecule has 0 saturated carbocycles. The van der Waals surface area contributed by atoms with E-state index in [9.17, 15) is 4.79 Å². The Balaban J connectivity index is 2.55. The summed E-state index contributed by atoms with van der Waals surface area (Å²) in [5.41, 5.74) is 1.48. The predicted molar refractivity (Wildman–Crippen MR) is 67.5 cm³/mol. The average Bonchev–Trinajstić information content (AvgIpc) is 2.70. The van der Waals surface area contributed by atoms with Crippen molar-refractivity contribution >= 4 is 48.9 Å².